The van der Waals surface area contributed by atoms with Crippen molar-refractivity contribution in [3.63, 3.8) is 0 Å². The number of benzene rings is 2. The lowest BCUT2D eigenvalue weighted by atomic mass is 9.97. The number of fused-ring (bicyclic) bond motifs is 2. The zero-order chi connectivity index (χ0) is 23.8. The molecule has 1 aliphatic rings. The Morgan fingerprint density at radius 1 is 1.21 bits per heavy atom. The van der Waals surface area contributed by atoms with Gasteiger partial charge in [0.05, 0.1) is 24.8 Å². The van der Waals surface area contributed by atoms with Gasteiger partial charge in [0.15, 0.2) is 10.7 Å². The van der Waals surface area contributed by atoms with Gasteiger partial charge in [-0.25, -0.2) is 4.98 Å². The molecule has 0 saturated carbocycles. The maximum Gasteiger partial charge on any atom is 0.232 e. The molecule has 174 valence electrons. The van der Waals surface area contributed by atoms with E-state index in [9.17, 15) is 9.59 Å². The molecular formula is C25H24N4O4S. The Morgan fingerprint density at radius 2 is 2.06 bits per heavy atom. The lowest BCUT2D eigenvalue weighted by Crippen LogP contribution is -2.30. The third-order valence-electron chi connectivity index (χ3n) is 5.78. The van der Waals surface area contributed by atoms with Crippen LogP contribution in [0.5, 0.6) is 5.75 Å². The van der Waals surface area contributed by atoms with Gasteiger partial charge in [-0.05, 0) is 49.2 Å². The summed E-state index contributed by atoms with van der Waals surface area (Å²) in [4.78, 5) is 28.9. The van der Waals surface area contributed by atoms with Crippen LogP contribution in [0.15, 0.2) is 40.2 Å². The predicted octanol–water partition coefficient (Wildman–Crippen LogP) is 4.71. The van der Waals surface area contributed by atoms with Crippen molar-refractivity contribution in [2.45, 2.75) is 39.7 Å². The summed E-state index contributed by atoms with van der Waals surface area (Å²) >= 11 is 1.35. The molecule has 2 aromatic heterocycles. The summed E-state index contributed by atoms with van der Waals surface area (Å²) in [6.07, 6.45) is 0.809. The number of rotatable bonds is 5. The molecule has 2 N–H and O–H groups in total. The van der Waals surface area contributed by atoms with Crippen molar-refractivity contribution in [2.75, 3.05) is 11.9 Å². The van der Waals surface area contributed by atoms with Crippen LogP contribution in [0.4, 0.5) is 5.13 Å². The Kier molecular flexibility index (Phi) is 5.79. The smallest absolute Gasteiger partial charge is 0.232 e. The number of nitrogens with one attached hydrogen (secondary N) is 2. The second-order valence-corrected chi connectivity index (χ2v) is 9.35. The molecule has 2 amide bonds. The number of carbonyl (C=O) groups excluding carboxylic acids is 2. The highest BCUT2D eigenvalue weighted by Gasteiger charge is 2.23. The molecule has 8 nitrogen and oxygen atoms in total. The number of nitrogens with zero attached hydrogens (tertiary/aromatic N) is 2. The van der Waals surface area contributed by atoms with Crippen molar-refractivity contribution in [2.24, 2.45) is 0 Å². The van der Waals surface area contributed by atoms with Crippen LogP contribution in [0.2, 0.25) is 0 Å². The minimum absolute atomic E-state index is 0.0767. The van der Waals surface area contributed by atoms with E-state index in [4.69, 9.17) is 9.26 Å². The number of aromatic nitrogens is 2. The summed E-state index contributed by atoms with van der Waals surface area (Å²) in [6.45, 7) is 6.04. The maximum absolute atomic E-state index is 12.7. The zero-order valence-electron chi connectivity index (χ0n) is 19.1. The molecule has 1 atom stereocenters. The third-order valence-corrected chi connectivity index (χ3v) is 6.54. The lowest BCUT2D eigenvalue weighted by molar-refractivity contribution is -0.120. The number of thiazole rings is 1. The molecular weight excluding hydrogens is 452 g/mol. The number of aryl methyl sites for hydroxylation is 2. The van der Waals surface area contributed by atoms with Gasteiger partial charge in [0, 0.05) is 35.2 Å². The van der Waals surface area contributed by atoms with Crippen LogP contribution in [0.1, 0.15) is 41.8 Å². The summed E-state index contributed by atoms with van der Waals surface area (Å²) in [6, 6.07) is 9.74. The molecule has 2 aromatic carbocycles. The summed E-state index contributed by atoms with van der Waals surface area (Å²) in [5, 5.41) is 13.2. The quantitative estimate of drug-likeness (QED) is 0.432. The van der Waals surface area contributed by atoms with E-state index in [2.05, 4.69) is 20.8 Å². The molecule has 34 heavy (non-hydrogen) atoms. The van der Waals surface area contributed by atoms with Gasteiger partial charge < -0.3 is 19.9 Å². The van der Waals surface area contributed by atoms with Crippen molar-refractivity contribution in [3.8, 4) is 17.0 Å². The van der Waals surface area contributed by atoms with Gasteiger partial charge in [-0.3, -0.25) is 9.59 Å². The van der Waals surface area contributed by atoms with Gasteiger partial charge in [0.1, 0.15) is 11.4 Å². The van der Waals surface area contributed by atoms with Crippen LogP contribution in [0.25, 0.3) is 22.2 Å². The fourth-order valence-electron chi connectivity index (χ4n) is 4.30. The van der Waals surface area contributed by atoms with Gasteiger partial charge in [-0.1, -0.05) is 11.2 Å². The molecule has 0 spiro atoms. The van der Waals surface area contributed by atoms with Crippen molar-refractivity contribution in [1.82, 2.24) is 15.5 Å². The molecule has 0 bridgehead atoms. The summed E-state index contributed by atoms with van der Waals surface area (Å²) in [5.74, 6) is 0.481. The van der Waals surface area contributed by atoms with E-state index in [1.807, 2.05) is 49.6 Å². The van der Waals surface area contributed by atoms with Gasteiger partial charge in [0.25, 0.3) is 0 Å². The van der Waals surface area contributed by atoms with E-state index in [1.165, 1.54) is 18.3 Å². The standard InChI is InChI=1S/C25H24N4O4S/c1-13-8-14(2)24-18(9-13)20(29-33-24)11-23(31)28-25-27-21(12-34-25)16-4-5-22-17(10-16)19(6-7-32-22)26-15(3)30/h4-5,8-10,12,19H,6-7,11H2,1-3H3,(H,26,30)(H,27,28,31). The van der Waals surface area contributed by atoms with Gasteiger partial charge >= 0.3 is 0 Å². The van der Waals surface area contributed by atoms with Gasteiger partial charge in [-0.15, -0.1) is 11.3 Å². The largest absolute Gasteiger partial charge is 0.493 e. The topological polar surface area (TPSA) is 106 Å². The SMILES string of the molecule is CC(=O)NC1CCOc2ccc(-c3csc(NC(=O)Cc4noc5c(C)cc(C)cc45)n3)cc21. The van der Waals surface area contributed by atoms with Crippen LogP contribution in [-0.2, 0) is 16.0 Å². The van der Waals surface area contributed by atoms with Crippen LogP contribution in [-0.4, -0.2) is 28.6 Å². The Labute approximate surface area is 200 Å². The van der Waals surface area contributed by atoms with Gasteiger partial charge in [0.2, 0.25) is 11.8 Å². The molecule has 0 fully saturated rings. The zero-order valence-corrected chi connectivity index (χ0v) is 19.9. The first kappa shape index (κ1) is 22.1. The summed E-state index contributed by atoms with van der Waals surface area (Å²) in [5.41, 5.74) is 5.97. The number of hydrogen-bond acceptors (Lipinski definition) is 7. The highest BCUT2D eigenvalue weighted by molar-refractivity contribution is 7.14. The second kappa shape index (κ2) is 8.90. The molecule has 0 saturated heterocycles. The number of ether oxygens (including phenoxy) is 1. The molecule has 5 rings (SSSR count). The van der Waals surface area contributed by atoms with E-state index in [0.717, 1.165) is 39.1 Å². The Bertz CT molecular complexity index is 1410. The first-order chi connectivity index (χ1) is 16.4. The second-order valence-electron chi connectivity index (χ2n) is 8.49. The van der Waals surface area contributed by atoms with Crippen LogP contribution in [0, 0.1) is 13.8 Å². The predicted molar refractivity (Wildman–Crippen MR) is 130 cm³/mol. The summed E-state index contributed by atoms with van der Waals surface area (Å²) in [7, 11) is 0. The molecule has 1 aliphatic heterocycles. The molecule has 3 heterocycles. The van der Waals surface area contributed by atoms with Crippen LogP contribution in [0.3, 0.4) is 0 Å². The fraction of sp³-hybridized carbons (Fsp3) is 0.280. The molecule has 9 heteroatoms. The minimum Gasteiger partial charge on any atom is -0.493 e. The first-order valence-electron chi connectivity index (χ1n) is 11.0. The Morgan fingerprint density at radius 3 is 2.88 bits per heavy atom. The van der Waals surface area contributed by atoms with Crippen molar-refractivity contribution < 1.29 is 18.8 Å². The molecule has 0 aliphatic carbocycles. The number of hydrogen-bond donors (Lipinski definition) is 2. The lowest BCUT2D eigenvalue weighted by Gasteiger charge is -2.26. The molecule has 4 aromatic rings. The Hall–Kier alpha value is -3.72. The number of anilines is 1. The first-order valence-corrected chi connectivity index (χ1v) is 11.9. The van der Waals surface area contributed by atoms with E-state index >= 15 is 0 Å². The Balaban J connectivity index is 1.32. The summed E-state index contributed by atoms with van der Waals surface area (Å²) < 4.78 is 11.2. The highest BCUT2D eigenvalue weighted by atomic mass is 32.1. The van der Waals surface area contributed by atoms with Gasteiger partial charge in [-0.2, -0.15) is 0 Å². The van der Waals surface area contributed by atoms with Crippen molar-refractivity contribution in [3.05, 3.63) is 58.1 Å². The fourth-order valence-corrected chi connectivity index (χ4v) is 5.03. The van der Waals surface area contributed by atoms with Crippen molar-refractivity contribution >= 4 is 39.3 Å². The number of carbonyl (C=O) groups is 2. The third kappa shape index (κ3) is 4.38. The minimum atomic E-state index is -0.208. The number of amides is 2. The van der Waals surface area contributed by atoms with E-state index in [0.29, 0.717) is 29.4 Å². The highest BCUT2D eigenvalue weighted by Crippen LogP contribution is 2.36. The van der Waals surface area contributed by atoms with E-state index in [1.54, 1.807) is 0 Å². The normalized spacial score (nSPS) is 15.0. The van der Waals surface area contributed by atoms with Crippen molar-refractivity contribution in [1.29, 1.82) is 0 Å². The van der Waals surface area contributed by atoms with Crippen LogP contribution < -0.4 is 15.4 Å². The monoisotopic (exact) mass is 476 g/mol. The van der Waals surface area contributed by atoms with Crippen LogP contribution >= 0.6 is 11.3 Å². The molecule has 1 unspecified atom stereocenters. The average Bonchev–Trinajstić information content (AvgIpc) is 3.41. The van der Waals surface area contributed by atoms with E-state index in [-0.39, 0.29) is 24.3 Å². The molecule has 0 radical (unpaired) electrons. The van der Waals surface area contributed by atoms with E-state index < -0.39 is 0 Å². The maximum atomic E-state index is 12.7. The average molecular weight is 477 g/mol.